The number of rotatable bonds is 4. The van der Waals surface area contributed by atoms with E-state index in [1.165, 1.54) is 0 Å². The highest BCUT2D eigenvalue weighted by Gasteiger charge is 2.33. The molecule has 19 heavy (non-hydrogen) atoms. The van der Waals surface area contributed by atoms with Gasteiger partial charge < -0.3 is 0 Å². The summed E-state index contributed by atoms with van der Waals surface area (Å²) in [5, 5.41) is 0.662. The molecule has 0 aliphatic carbocycles. The van der Waals surface area contributed by atoms with Crippen molar-refractivity contribution in [2.75, 3.05) is 11.5 Å². The molecule has 106 valence electrons. The predicted octanol–water partition coefficient (Wildman–Crippen LogP) is 1.91. The first kappa shape index (κ1) is 15.3. The van der Waals surface area contributed by atoms with Crippen LogP contribution < -0.4 is 11.3 Å². The van der Waals surface area contributed by atoms with Crippen molar-refractivity contribution in [3.05, 3.63) is 33.3 Å². The fourth-order valence-corrected chi connectivity index (χ4v) is 5.06. The smallest absolute Gasteiger partial charge is 0.150 e. The number of nitrogens with two attached hydrogens (primary N) is 1. The molecular weight excluding hydrogens is 352 g/mol. The molecule has 0 aromatic heterocycles. The molecule has 3 N–H and O–H groups in total. The van der Waals surface area contributed by atoms with Crippen molar-refractivity contribution in [3.63, 3.8) is 0 Å². The zero-order chi connectivity index (χ0) is 14.0. The van der Waals surface area contributed by atoms with Crippen molar-refractivity contribution in [2.45, 2.75) is 18.9 Å². The number of halogens is 2. The molecule has 2 rings (SSSR count). The summed E-state index contributed by atoms with van der Waals surface area (Å²) in [6.45, 7) is 0. The van der Waals surface area contributed by atoms with Crippen molar-refractivity contribution in [1.82, 2.24) is 5.43 Å². The molecule has 0 saturated carbocycles. The Bertz CT molecular complexity index is 565. The van der Waals surface area contributed by atoms with Gasteiger partial charge in [-0.15, -0.1) is 0 Å². The van der Waals surface area contributed by atoms with Crippen LogP contribution in [0, 0.1) is 5.92 Å². The normalized spacial score (nSPS) is 23.4. The van der Waals surface area contributed by atoms with Gasteiger partial charge in [-0.25, -0.2) is 8.42 Å². The summed E-state index contributed by atoms with van der Waals surface area (Å²) >= 11 is 9.53. The quantitative estimate of drug-likeness (QED) is 0.630. The molecule has 0 amide bonds. The lowest BCUT2D eigenvalue weighted by atomic mass is 9.93. The first-order chi connectivity index (χ1) is 8.91. The van der Waals surface area contributed by atoms with Gasteiger partial charge in [0.2, 0.25) is 0 Å². The Morgan fingerprint density at radius 3 is 2.79 bits per heavy atom. The highest BCUT2D eigenvalue weighted by molar-refractivity contribution is 9.10. The second-order valence-electron chi connectivity index (χ2n) is 4.88. The van der Waals surface area contributed by atoms with Crippen molar-refractivity contribution in [1.29, 1.82) is 0 Å². The Hall–Kier alpha value is -0.140. The summed E-state index contributed by atoms with van der Waals surface area (Å²) in [6, 6.07) is 5.60. The molecule has 2 atom stereocenters. The van der Waals surface area contributed by atoms with E-state index in [4.69, 9.17) is 17.4 Å². The summed E-state index contributed by atoms with van der Waals surface area (Å²) in [5.41, 5.74) is 3.71. The van der Waals surface area contributed by atoms with Gasteiger partial charge >= 0.3 is 0 Å². The van der Waals surface area contributed by atoms with Gasteiger partial charge in [0.25, 0.3) is 0 Å². The Morgan fingerprint density at radius 1 is 1.53 bits per heavy atom. The summed E-state index contributed by atoms with van der Waals surface area (Å²) in [5.74, 6) is 6.08. The van der Waals surface area contributed by atoms with E-state index in [9.17, 15) is 8.42 Å². The largest absolute Gasteiger partial charge is 0.271 e. The van der Waals surface area contributed by atoms with Crippen LogP contribution in [-0.2, 0) is 16.3 Å². The lowest BCUT2D eigenvalue weighted by molar-refractivity contribution is 0.385. The number of hydrazine groups is 1. The molecular formula is C12H16BrClN2O2S. The summed E-state index contributed by atoms with van der Waals surface area (Å²) in [4.78, 5) is 0. The minimum absolute atomic E-state index is 0.0507. The van der Waals surface area contributed by atoms with Crippen LogP contribution in [0.5, 0.6) is 0 Å². The lowest BCUT2D eigenvalue weighted by Crippen LogP contribution is -2.43. The van der Waals surface area contributed by atoms with E-state index in [0.29, 0.717) is 17.9 Å². The van der Waals surface area contributed by atoms with Crippen LogP contribution in [0.3, 0.4) is 0 Å². The summed E-state index contributed by atoms with van der Waals surface area (Å²) < 4.78 is 24.0. The van der Waals surface area contributed by atoms with Gasteiger partial charge in [0, 0.05) is 15.5 Å². The molecule has 1 heterocycles. The first-order valence-corrected chi connectivity index (χ1v) is 9.01. The molecule has 1 aliphatic heterocycles. The molecule has 1 aromatic rings. The molecule has 1 aromatic carbocycles. The number of hydrogen-bond donors (Lipinski definition) is 2. The van der Waals surface area contributed by atoms with Crippen LogP contribution in [-0.4, -0.2) is 26.0 Å². The average molecular weight is 368 g/mol. The molecule has 1 saturated heterocycles. The number of hydrogen-bond acceptors (Lipinski definition) is 4. The van der Waals surface area contributed by atoms with Gasteiger partial charge in [-0.05, 0) is 36.5 Å². The van der Waals surface area contributed by atoms with Gasteiger partial charge in [0.1, 0.15) is 0 Å². The van der Waals surface area contributed by atoms with Gasteiger partial charge in [-0.1, -0.05) is 33.6 Å². The van der Waals surface area contributed by atoms with Crippen LogP contribution in [0.4, 0.5) is 0 Å². The standard InChI is InChI=1S/C12H16BrClN2O2S/c13-10-2-1-8(11(14)6-10)5-12(16-15)9-3-4-19(17,18)7-9/h1-2,6,9,12,16H,3-5,7,15H2. The highest BCUT2D eigenvalue weighted by atomic mass is 79.9. The van der Waals surface area contributed by atoms with E-state index in [1.54, 1.807) is 0 Å². The Balaban J connectivity index is 2.11. The average Bonchev–Trinajstić information content (AvgIpc) is 2.69. The fraction of sp³-hybridized carbons (Fsp3) is 0.500. The Labute approximate surface area is 126 Å². The molecule has 0 spiro atoms. The maximum Gasteiger partial charge on any atom is 0.150 e. The SMILES string of the molecule is NNC(Cc1ccc(Br)cc1Cl)C1CCS(=O)(=O)C1. The van der Waals surface area contributed by atoms with Crippen LogP contribution in [0.2, 0.25) is 5.02 Å². The van der Waals surface area contributed by atoms with Crippen LogP contribution in [0.25, 0.3) is 0 Å². The fourth-order valence-electron chi connectivity index (χ4n) is 2.43. The van der Waals surface area contributed by atoms with Gasteiger partial charge in [-0.3, -0.25) is 11.3 Å². The Morgan fingerprint density at radius 2 is 2.26 bits per heavy atom. The van der Waals surface area contributed by atoms with Crippen LogP contribution >= 0.6 is 27.5 Å². The summed E-state index contributed by atoms with van der Waals surface area (Å²) in [6.07, 6.45) is 1.29. The van der Waals surface area contributed by atoms with E-state index in [1.807, 2.05) is 18.2 Å². The Kier molecular flexibility index (Phi) is 4.89. The molecule has 1 aliphatic rings. The zero-order valence-electron chi connectivity index (χ0n) is 10.3. The third kappa shape index (κ3) is 3.92. The lowest BCUT2D eigenvalue weighted by Gasteiger charge is -2.22. The van der Waals surface area contributed by atoms with Crippen molar-refractivity contribution in [3.8, 4) is 0 Å². The van der Waals surface area contributed by atoms with Crippen molar-refractivity contribution in [2.24, 2.45) is 11.8 Å². The zero-order valence-corrected chi connectivity index (χ0v) is 13.4. The van der Waals surface area contributed by atoms with E-state index in [2.05, 4.69) is 21.4 Å². The van der Waals surface area contributed by atoms with Crippen LogP contribution in [0.1, 0.15) is 12.0 Å². The third-order valence-corrected chi connectivity index (χ3v) is 6.14. The van der Waals surface area contributed by atoms with E-state index >= 15 is 0 Å². The molecule has 4 nitrogen and oxygen atoms in total. The maximum absolute atomic E-state index is 11.5. The summed E-state index contributed by atoms with van der Waals surface area (Å²) in [7, 11) is -2.90. The maximum atomic E-state index is 11.5. The highest BCUT2D eigenvalue weighted by Crippen LogP contribution is 2.27. The molecule has 0 radical (unpaired) electrons. The molecule has 7 heteroatoms. The molecule has 1 fully saturated rings. The molecule has 0 bridgehead atoms. The van der Waals surface area contributed by atoms with E-state index < -0.39 is 9.84 Å². The monoisotopic (exact) mass is 366 g/mol. The van der Waals surface area contributed by atoms with E-state index in [0.717, 1.165) is 10.0 Å². The van der Waals surface area contributed by atoms with Crippen molar-refractivity contribution >= 4 is 37.4 Å². The second-order valence-corrected chi connectivity index (χ2v) is 8.43. The van der Waals surface area contributed by atoms with Gasteiger partial charge in [0.05, 0.1) is 11.5 Å². The number of sulfone groups is 1. The van der Waals surface area contributed by atoms with Crippen molar-refractivity contribution < 1.29 is 8.42 Å². The van der Waals surface area contributed by atoms with Gasteiger partial charge in [-0.2, -0.15) is 0 Å². The predicted molar refractivity (Wildman–Crippen MR) is 80.7 cm³/mol. The second kappa shape index (κ2) is 6.10. The number of nitrogens with one attached hydrogen (secondary N) is 1. The topological polar surface area (TPSA) is 72.2 Å². The minimum Gasteiger partial charge on any atom is -0.271 e. The van der Waals surface area contributed by atoms with E-state index in [-0.39, 0.29) is 23.5 Å². The third-order valence-electron chi connectivity index (χ3n) is 3.51. The van der Waals surface area contributed by atoms with Crippen LogP contribution in [0.15, 0.2) is 22.7 Å². The van der Waals surface area contributed by atoms with Gasteiger partial charge in [0.15, 0.2) is 9.84 Å². The molecule has 2 unspecified atom stereocenters. The minimum atomic E-state index is -2.90. The first-order valence-electron chi connectivity index (χ1n) is 6.02. The number of benzene rings is 1.